The number of amides is 3. The maximum absolute atomic E-state index is 14.5. The molecular formula is C38H46B2F3N11O3. The number of anilines is 2. The van der Waals surface area contributed by atoms with E-state index in [1.807, 2.05) is 13.8 Å². The third-order valence-corrected chi connectivity index (χ3v) is 10.1. The van der Waals surface area contributed by atoms with Crippen LogP contribution in [0.4, 0.5) is 24.5 Å². The van der Waals surface area contributed by atoms with Gasteiger partial charge < -0.3 is 42.1 Å². The number of likely N-dealkylation sites (tertiary alicyclic amines) is 1. The first-order valence-corrected chi connectivity index (χ1v) is 18.8. The van der Waals surface area contributed by atoms with E-state index >= 15 is 0 Å². The number of benzene rings is 1. The highest BCUT2D eigenvalue weighted by molar-refractivity contribution is 6.39. The molecular weight excluding hydrogens is 737 g/mol. The van der Waals surface area contributed by atoms with Gasteiger partial charge in [0.15, 0.2) is 0 Å². The maximum atomic E-state index is 14.5. The predicted molar refractivity (Wildman–Crippen MR) is 211 cm³/mol. The van der Waals surface area contributed by atoms with Gasteiger partial charge in [-0.15, -0.1) is 0 Å². The Bertz CT molecular complexity index is 2120. The highest BCUT2D eigenvalue weighted by Crippen LogP contribution is 2.48. The van der Waals surface area contributed by atoms with Crippen LogP contribution in [0.1, 0.15) is 73.0 Å². The van der Waals surface area contributed by atoms with Gasteiger partial charge in [0.2, 0.25) is 5.91 Å². The van der Waals surface area contributed by atoms with E-state index in [9.17, 15) is 27.6 Å². The summed E-state index contributed by atoms with van der Waals surface area (Å²) in [6, 6.07) is 6.63. The second kappa shape index (κ2) is 15.8. The highest BCUT2D eigenvalue weighted by Gasteiger charge is 2.42. The molecule has 0 spiro atoms. The zero-order valence-corrected chi connectivity index (χ0v) is 32.6. The number of nitrogens with zero attached hydrogens (tertiary/aromatic N) is 6. The first-order chi connectivity index (χ1) is 26.9. The molecule has 3 fully saturated rings. The molecule has 4 radical (unpaired) electrons. The quantitative estimate of drug-likeness (QED) is 0.110. The number of aromatic nitrogens is 3. The third-order valence-electron chi connectivity index (χ3n) is 10.1. The van der Waals surface area contributed by atoms with E-state index in [2.05, 4.69) is 26.0 Å². The van der Waals surface area contributed by atoms with Gasteiger partial charge in [0.1, 0.15) is 17.2 Å². The average molecular weight is 783 g/mol. The Labute approximate surface area is 332 Å². The molecule has 1 saturated heterocycles. The standard InChI is InChI=1S/C36H40B2F3N11O3.C2H6/c1-49(2)34(55)24-5-4-6-28(47-24)35(37,38)51-15-21(16-51)52-27-17-50(3)31-22(23(27)14-44-52)11-19(36(39,40)41)12-26(31)46-25(30(43)33(54)45-20-9-10-20)13-29(42)48-32(53)18-7-8-18;1-2/h4-6,11-14,18,20-21,46H,7-10,15-17,42-43H2,1-3H3,(H,45,54)(H,48,53);1-2H3/b29-13+,30-25+;. The van der Waals surface area contributed by atoms with Gasteiger partial charge in [-0.3, -0.25) is 19.1 Å². The first kappa shape index (κ1) is 41.2. The summed E-state index contributed by atoms with van der Waals surface area (Å²) in [5, 5.41) is 11.4. The lowest BCUT2D eigenvalue weighted by Gasteiger charge is -2.50. The van der Waals surface area contributed by atoms with Gasteiger partial charge in [-0.1, -0.05) is 19.9 Å². The molecule has 2 aromatic heterocycles. The number of pyridine rings is 1. The molecule has 0 atom stereocenters. The molecule has 1 aromatic carbocycles. The molecule has 0 unspecified atom stereocenters. The van der Waals surface area contributed by atoms with Gasteiger partial charge in [-0.25, -0.2) is 4.98 Å². The van der Waals surface area contributed by atoms with Crippen LogP contribution in [0, 0.1) is 5.92 Å². The lowest BCUT2D eigenvalue weighted by Crippen LogP contribution is -2.60. The molecule has 0 bridgehead atoms. The number of hydrogen-bond acceptors (Lipinski definition) is 10. The lowest BCUT2D eigenvalue weighted by molar-refractivity contribution is -0.137. The van der Waals surface area contributed by atoms with Crippen LogP contribution < -0.4 is 32.3 Å². The van der Waals surface area contributed by atoms with E-state index in [0.717, 1.165) is 37.8 Å². The molecule has 19 heteroatoms. The number of fused-ring (bicyclic) bond motifs is 3. The molecule has 7 N–H and O–H groups in total. The van der Waals surface area contributed by atoms with E-state index in [1.165, 1.54) is 17.2 Å². The number of carbonyl (C=O) groups excluding carboxylic acids is 3. The SMILES string of the molecule is CC.[B]C([B])(c1cccc(C(=O)N(C)C)n1)N1CC(n2ncc3c2CN(C)c2c(NC(/C=C(\N)NC(=O)C4CC4)=C(/N)C(=O)NC4CC4)cc(C(F)(F)F)cc2-3)C1. The summed E-state index contributed by atoms with van der Waals surface area (Å²) >= 11 is 0. The highest BCUT2D eigenvalue weighted by atomic mass is 19.4. The second-order valence-corrected chi connectivity index (χ2v) is 14.8. The zero-order valence-electron chi connectivity index (χ0n) is 32.6. The van der Waals surface area contributed by atoms with Crippen LogP contribution in [0.3, 0.4) is 0 Å². The molecule has 14 nitrogen and oxygen atoms in total. The largest absolute Gasteiger partial charge is 0.416 e. The Kier molecular flexibility index (Phi) is 11.4. The third kappa shape index (κ3) is 8.62. The van der Waals surface area contributed by atoms with E-state index in [-0.39, 0.29) is 70.5 Å². The Morgan fingerprint density at radius 3 is 2.32 bits per heavy atom. The van der Waals surface area contributed by atoms with Gasteiger partial charge in [0, 0.05) is 69.1 Å². The van der Waals surface area contributed by atoms with Crippen LogP contribution in [0.2, 0.25) is 0 Å². The van der Waals surface area contributed by atoms with Crippen molar-refractivity contribution in [2.45, 2.75) is 69.7 Å². The van der Waals surface area contributed by atoms with Crippen LogP contribution in [0.15, 0.2) is 59.8 Å². The summed E-state index contributed by atoms with van der Waals surface area (Å²) in [6.07, 6.45) is 1.03. The fraction of sp³-hybridized carbons (Fsp3) is 0.447. The van der Waals surface area contributed by atoms with Crippen molar-refractivity contribution in [3.05, 3.63) is 82.5 Å². The summed E-state index contributed by atoms with van der Waals surface area (Å²) in [4.78, 5) is 47.4. The molecule has 57 heavy (non-hydrogen) atoms. The molecule has 4 heterocycles. The fourth-order valence-corrected chi connectivity index (χ4v) is 6.70. The van der Waals surface area contributed by atoms with E-state index in [1.54, 1.807) is 53.8 Å². The molecule has 3 amide bonds. The van der Waals surface area contributed by atoms with Crippen molar-refractivity contribution < 1.29 is 27.6 Å². The van der Waals surface area contributed by atoms with Crippen molar-refractivity contribution in [2.75, 3.05) is 44.4 Å². The Morgan fingerprint density at radius 2 is 1.70 bits per heavy atom. The van der Waals surface area contributed by atoms with Crippen molar-refractivity contribution in [3.8, 4) is 11.1 Å². The Hall–Kier alpha value is -5.45. The molecule has 3 aromatic rings. The van der Waals surface area contributed by atoms with Gasteiger partial charge in [-0.2, -0.15) is 18.3 Å². The van der Waals surface area contributed by atoms with Crippen LogP contribution in [-0.2, 0) is 27.6 Å². The first-order valence-electron chi connectivity index (χ1n) is 18.8. The number of nitrogens with one attached hydrogen (secondary N) is 3. The molecule has 7 rings (SSSR count). The summed E-state index contributed by atoms with van der Waals surface area (Å²) < 4.78 is 45.3. The topological polar surface area (TPSA) is 180 Å². The predicted octanol–water partition coefficient (Wildman–Crippen LogP) is 2.83. The summed E-state index contributed by atoms with van der Waals surface area (Å²) in [5.74, 6) is -1.52. The van der Waals surface area contributed by atoms with Crippen molar-refractivity contribution >= 4 is 44.8 Å². The summed E-state index contributed by atoms with van der Waals surface area (Å²) in [5.41, 5.74) is 13.4. The van der Waals surface area contributed by atoms with Gasteiger partial charge in [0.25, 0.3) is 11.8 Å². The number of allylic oxidation sites excluding steroid dienone is 1. The van der Waals surface area contributed by atoms with Crippen molar-refractivity contribution in [2.24, 2.45) is 17.4 Å². The molecule has 2 aliphatic heterocycles. The lowest BCUT2D eigenvalue weighted by atomic mass is 9.57. The van der Waals surface area contributed by atoms with E-state index < -0.39 is 23.0 Å². The fourth-order valence-electron chi connectivity index (χ4n) is 6.70. The molecule has 2 aliphatic carbocycles. The minimum atomic E-state index is -4.74. The minimum absolute atomic E-state index is 0.00816. The smallest absolute Gasteiger partial charge is 0.393 e. The number of hydrogen-bond donors (Lipinski definition) is 5. The monoisotopic (exact) mass is 783 g/mol. The number of alkyl halides is 3. The number of rotatable bonds is 11. The Morgan fingerprint density at radius 1 is 1.02 bits per heavy atom. The normalized spacial score (nSPS) is 17.5. The Balaban J connectivity index is 0.00000270. The van der Waals surface area contributed by atoms with Crippen molar-refractivity contribution in [1.82, 2.24) is 35.2 Å². The second-order valence-electron chi connectivity index (χ2n) is 14.8. The number of halogens is 3. The minimum Gasteiger partial charge on any atom is -0.393 e. The van der Waals surface area contributed by atoms with Crippen LogP contribution in [-0.4, -0.2) is 98.3 Å². The van der Waals surface area contributed by atoms with Crippen molar-refractivity contribution in [3.63, 3.8) is 0 Å². The average Bonchev–Trinajstić information content (AvgIpc) is 4.09. The molecule has 2 saturated carbocycles. The molecule has 298 valence electrons. The van der Waals surface area contributed by atoms with Crippen LogP contribution in [0.5, 0.6) is 0 Å². The van der Waals surface area contributed by atoms with Gasteiger partial charge >= 0.3 is 6.18 Å². The van der Waals surface area contributed by atoms with Crippen LogP contribution >= 0.6 is 0 Å². The molecule has 4 aliphatic rings. The summed E-state index contributed by atoms with van der Waals surface area (Å²) in [6.45, 7) is 4.96. The van der Waals surface area contributed by atoms with E-state index in [0.29, 0.717) is 35.7 Å². The van der Waals surface area contributed by atoms with Gasteiger partial charge in [0.05, 0.1) is 62.8 Å². The number of carbonyl (C=O) groups is 3. The van der Waals surface area contributed by atoms with Crippen molar-refractivity contribution in [1.29, 1.82) is 0 Å². The maximum Gasteiger partial charge on any atom is 0.416 e. The van der Waals surface area contributed by atoms with Crippen LogP contribution in [0.25, 0.3) is 11.1 Å². The zero-order chi connectivity index (χ0) is 41.6. The summed E-state index contributed by atoms with van der Waals surface area (Å²) in [7, 11) is 18.1. The number of nitrogens with two attached hydrogens (primary N) is 2. The van der Waals surface area contributed by atoms with E-state index in [4.69, 9.17) is 27.2 Å². The van der Waals surface area contributed by atoms with Gasteiger partial charge in [-0.05, 0) is 55.3 Å².